The molecule has 0 saturated heterocycles. The Bertz CT molecular complexity index is 791. The number of benzene rings is 1. The summed E-state index contributed by atoms with van der Waals surface area (Å²) in [6, 6.07) is 9.45. The maximum atomic E-state index is 6.02. The quantitative estimate of drug-likeness (QED) is 0.233. The molecular formula is C23H35IN4O3. The molecule has 1 aromatic carbocycles. The molecule has 172 valence electrons. The Morgan fingerprint density at radius 3 is 2.29 bits per heavy atom. The number of hydrogen-bond acceptors (Lipinski definition) is 5. The molecular weight excluding hydrogens is 507 g/mol. The summed E-state index contributed by atoms with van der Waals surface area (Å²) in [5.41, 5.74) is 6.95. The van der Waals surface area contributed by atoms with E-state index in [0.29, 0.717) is 41.7 Å². The minimum Gasteiger partial charge on any atom is -0.493 e. The summed E-state index contributed by atoms with van der Waals surface area (Å²) in [6.45, 7) is 7.06. The molecule has 0 aliphatic carbocycles. The molecule has 0 fully saturated rings. The first kappa shape index (κ1) is 26.8. The number of guanidine groups is 1. The van der Waals surface area contributed by atoms with E-state index in [1.165, 1.54) is 12.8 Å². The third-order valence-electron chi connectivity index (χ3n) is 4.63. The van der Waals surface area contributed by atoms with Gasteiger partial charge in [-0.05, 0) is 37.0 Å². The number of nitrogens with one attached hydrogen (secondary N) is 1. The average molecular weight is 542 g/mol. The van der Waals surface area contributed by atoms with E-state index < -0.39 is 0 Å². The van der Waals surface area contributed by atoms with Gasteiger partial charge in [-0.3, -0.25) is 0 Å². The molecule has 0 spiro atoms. The highest BCUT2D eigenvalue weighted by Crippen LogP contribution is 2.39. The highest BCUT2D eigenvalue weighted by atomic mass is 127. The van der Waals surface area contributed by atoms with Crippen molar-refractivity contribution in [3.05, 3.63) is 42.1 Å². The van der Waals surface area contributed by atoms with Gasteiger partial charge in [0, 0.05) is 18.3 Å². The molecule has 1 atom stereocenters. The second-order valence-electron chi connectivity index (χ2n) is 7.67. The van der Waals surface area contributed by atoms with Crippen LogP contribution in [0, 0.1) is 5.92 Å². The molecule has 0 aliphatic heterocycles. The van der Waals surface area contributed by atoms with E-state index >= 15 is 0 Å². The summed E-state index contributed by atoms with van der Waals surface area (Å²) in [4.78, 5) is 8.77. The van der Waals surface area contributed by atoms with E-state index in [2.05, 4.69) is 36.1 Å². The van der Waals surface area contributed by atoms with E-state index in [1.807, 2.05) is 12.1 Å². The summed E-state index contributed by atoms with van der Waals surface area (Å²) in [5, 5.41) is 3.25. The molecule has 2 aromatic rings. The van der Waals surface area contributed by atoms with Gasteiger partial charge in [0.2, 0.25) is 11.6 Å². The van der Waals surface area contributed by atoms with Crippen LogP contribution in [0.3, 0.4) is 0 Å². The molecule has 1 unspecified atom stereocenters. The van der Waals surface area contributed by atoms with Crippen molar-refractivity contribution in [2.24, 2.45) is 16.6 Å². The van der Waals surface area contributed by atoms with Crippen LogP contribution in [0.4, 0.5) is 0 Å². The molecule has 7 nitrogen and oxygen atoms in total. The van der Waals surface area contributed by atoms with Gasteiger partial charge in [-0.1, -0.05) is 38.8 Å². The van der Waals surface area contributed by atoms with Gasteiger partial charge in [-0.25, -0.2) is 9.98 Å². The number of aromatic nitrogens is 1. The van der Waals surface area contributed by atoms with Crippen LogP contribution < -0.4 is 25.3 Å². The van der Waals surface area contributed by atoms with Gasteiger partial charge in [0.1, 0.15) is 0 Å². The molecule has 0 amide bonds. The lowest BCUT2D eigenvalue weighted by atomic mass is 10.0. The maximum absolute atomic E-state index is 6.02. The Labute approximate surface area is 202 Å². The Hall–Kier alpha value is -2.23. The molecule has 1 heterocycles. The molecule has 31 heavy (non-hydrogen) atoms. The van der Waals surface area contributed by atoms with Crippen molar-refractivity contribution in [2.75, 3.05) is 14.2 Å². The third kappa shape index (κ3) is 9.20. The number of pyridine rings is 1. The predicted octanol–water partition coefficient (Wildman–Crippen LogP) is 5.13. The topological polar surface area (TPSA) is 91.0 Å². The maximum Gasteiger partial charge on any atom is 0.219 e. The van der Waals surface area contributed by atoms with Gasteiger partial charge >= 0.3 is 0 Å². The van der Waals surface area contributed by atoms with Crippen LogP contribution in [0.25, 0.3) is 0 Å². The van der Waals surface area contributed by atoms with Gasteiger partial charge in [-0.15, -0.1) is 24.0 Å². The predicted molar refractivity (Wildman–Crippen MR) is 136 cm³/mol. The lowest BCUT2D eigenvalue weighted by Gasteiger charge is -2.15. The zero-order valence-electron chi connectivity index (χ0n) is 19.1. The highest BCUT2D eigenvalue weighted by Gasteiger charge is 2.13. The van der Waals surface area contributed by atoms with Gasteiger partial charge < -0.3 is 25.3 Å². The molecule has 0 bridgehead atoms. The van der Waals surface area contributed by atoms with Crippen LogP contribution in [0.15, 0.2) is 41.5 Å². The monoisotopic (exact) mass is 542 g/mol. The number of hydrogen-bond donors (Lipinski definition) is 2. The zero-order chi connectivity index (χ0) is 21.9. The van der Waals surface area contributed by atoms with Crippen molar-refractivity contribution >= 4 is 29.9 Å². The normalized spacial score (nSPS) is 12.1. The first-order valence-corrected chi connectivity index (χ1v) is 10.3. The molecule has 0 saturated carbocycles. The van der Waals surface area contributed by atoms with E-state index in [1.54, 1.807) is 38.6 Å². The number of aliphatic imine (C=N–C) groups is 1. The summed E-state index contributed by atoms with van der Waals surface area (Å²) in [6.07, 6.45) is 5.21. The average Bonchev–Trinajstić information content (AvgIpc) is 2.73. The fourth-order valence-electron chi connectivity index (χ4n) is 2.97. The Morgan fingerprint density at radius 2 is 1.74 bits per heavy atom. The Morgan fingerprint density at radius 1 is 1.06 bits per heavy atom. The molecule has 2 rings (SSSR count). The SMILES string of the molecule is COc1cccc(OC)c1Oc1ccc(CN=C(N)NC(C)CCCC(C)C)cn1.I. The first-order chi connectivity index (χ1) is 14.4. The van der Waals surface area contributed by atoms with Crippen molar-refractivity contribution in [1.82, 2.24) is 10.3 Å². The van der Waals surface area contributed by atoms with Gasteiger partial charge in [0.05, 0.1) is 20.8 Å². The summed E-state index contributed by atoms with van der Waals surface area (Å²) < 4.78 is 16.6. The molecule has 0 aliphatic rings. The largest absolute Gasteiger partial charge is 0.493 e. The number of para-hydroxylation sites is 1. The fourth-order valence-corrected chi connectivity index (χ4v) is 2.97. The number of nitrogens with zero attached hydrogens (tertiary/aromatic N) is 2. The molecule has 0 radical (unpaired) electrons. The summed E-state index contributed by atoms with van der Waals surface area (Å²) in [5.74, 6) is 3.26. The smallest absolute Gasteiger partial charge is 0.219 e. The molecule has 1 aromatic heterocycles. The van der Waals surface area contributed by atoms with Crippen molar-refractivity contribution in [1.29, 1.82) is 0 Å². The van der Waals surface area contributed by atoms with Gasteiger partial charge in [0.25, 0.3) is 0 Å². The van der Waals surface area contributed by atoms with Crippen LogP contribution in [0.2, 0.25) is 0 Å². The standard InChI is InChI=1S/C23H34N4O3.HI/c1-16(2)8-6-9-17(3)27-23(24)26-15-18-12-13-21(25-14-18)30-22-19(28-4)10-7-11-20(22)29-5;/h7,10-14,16-17H,6,8-9,15H2,1-5H3,(H3,24,26,27);1H. The van der Waals surface area contributed by atoms with Crippen molar-refractivity contribution in [2.45, 2.75) is 52.6 Å². The molecule has 8 heteroatoms. The van der Waals surface area contributed by atoms with E-state index in [-0.39, 0.29) is 24.0 Å². The number of halogens is 1. The fraction of sp³-hybridized carbons (Fsp3) is 0.478. The number of methoxy groups -OCH3 is 2. The van der Waals surface area contributed by atoms with Gasteiger partial charge in [0.15, 0.2) is 17.5 Å². The van der Waals surface area contributed by atoms with E-state index in [4.69, 9.17) is 19.9 Å². The number of ether oxygens (including phenoxy) is 3. The number of nitrogens with two attached hydrogens (primary N) is 1. The van der Waals surface area contributed by atoms with Crippen molar-refractivity contribution < 1.29 is 14.2 Å². The van der Waals surface area contributed by atoms with Crippen LogP contribution in [-0.4, -0.2) is 31.2 Å². The number of rotatable bonds is 11. The second kappa shape index (κ2) is 14.0. The van der Waals surface area contributed by atoms with Crippen LogP contribution in [0.1, 0.15) is 45.6 Å². The Balaban J connectivity index is 0.00000480. The highest BCUT2D eigenvalue weighted by molar-refractivity contribution is 14.0. The minimum atomic E-state index is 0. The second-order valence-corrected chi connectivity index (χ2v) is 7.67. The van der Waals surface area contributed by atoms with E-state index in [9.17, 15) is 0 Å². The van der Waals surface area contributed by atoms with Crippen molar-refractivity contribution in [3.8, 4) is 23.1 Å². The van der Waals surface area contributed by atoms with Crippen LogP contribution in [-0.2, 0) is 6.54 Å². The van der Waals surface area contributed by atoms with Crippen molar-refractivity contribution in [3.63, 3.8) is 0 Å². The van der Waals surface area contributed by atoms with E-state index in [0.717, 1.165) is 17.9 Å². The minimum absolute atomic E-state index is 0. The molecule has 3 N–H and O–H groups in total. The van der Waals surface area contributed by atoms with Crippen LogP contribution in [0.5, 0.6) is 23.1 Å². The summed E-state index contributed by atoms with van der Waals surface area (Å²) in [7, 11) is 3.17. The summed E-state index contributed by atoms with van der Waals surface area (Å²) >= 11 is 0. The lowest BCUT2D eigenvalue weighted by molar-refractivity contribution is 0.342. The lowest BCUT2D eigenvalue weighted by Crippen LogP contribution is -2.38. The third-order valence-corrected chi connectivity index (χ3v) is 4.63. The van der Waals surface area contributed by atoms with Crippen LogP contribution >= 0.6 is 24.0 Å². The Kier molecular flexibility index (Phi) is 12.1. The first-order valence-electron chi connectivity index (χ1n) is 10.3. The van der Waals surface area contributed by atoms with Gasteiger partial charge in [-0.2, -0.15) is 0 Å². The zero-order valence-corrected chi connectivity index (χ0v) is 21.4.